The van der Waals surface area contributed by atoms with E-state index in [0.717, 1.165) is 54.8 Å². The smallest absolute Gasteiger partial charge is 0.337 e. The van der Waals surface area contributed by atoms with Crippen molar-refractivity contribution < 1.29 is 32.9 Å². The van der Waals surface area contributed by atoms with Crippen molar-refractivity contribution in [1.82, 2.24) is 4.90 Å². The maximum atomic E-state index is 14.4. The normalized spacial score (nSPS) is 10.8. The fourth-order valence-electron chi connectivity index (χ4n) is 4.72. The van der Waals surface area contributed by atoms with Gasteiger partial charge in [-0.2, -0.15) is 0 Å². The number of para-hydroxylation sites is 2. The highest BCUT2D eigenvalue weighted by Crippen LogP contribution is 2.27. The molecule has 44 heavy (non-hydrogen) atoms. The van der Waals surface area contributed by atoms with Gasteiger partial charge in [0.15, 0.2) is 11.6 Å². The van der Waals surface area contributed by atoms with E-state index in [1.54, 1.807) is 36.4 Å². The highest BCUT2D eigenvalue weighted by molar-refractivity contribution is 5.89. The molecule has 8 heteroatoms. The van der Waals surface area contributed by atoms with Crippen molar-refractivity contribution in [3.05, 3.63) is 125 Å². The number of hydrogen-bond donors (Lipinski definition) is 0. The lowest BCUT2D eigenvalue weighted by molar-refractivity contribution is -0.140. The van der Waals surface area contributed by atoms with Crippen LogP contribution in [0, 0.1) is 5.82 Å². The number of hydrogen-bond acceptors (Lipinski definition) is 7. The van der Waals surface area contributed by atoms with E-state index in [9.17, 15) is 14.0 Å². The maximum absolute atomic E-state index is 14.4. The first kappa shape index (κ1) is 32.2. The number of halogens is 1. The molecule has 0 saturated carbocycles. The first-order valence-corrected chi connectivity index (χ1v) is 14.6. The minimum atomic E-state index is -0.440. The molecule has 0 aliphatic carbocycles. The monoisotopic (exact) mass is 599 g/mol. The van der Waals surface area contributed by atoms with Gasteiger partial charge in [-0.05, 0) is 85.0 Å². The van der Waals surface area contributed by atoms with E-state index >= 15 is 0 Å². The molecular formula is C36H38FNO6. The number of esters is 2. The Morgan fingerprint density at radius 2 is 1.48 bits per heavy atom. The fraction of sp³-hybridized carbons (Fsp3) is 0.278. The van der Waals surface area contributed by atoms with Gasteiger partial charge in [0.05, 0.1) is 19.8 Å². The van der Waals surface area contributed by atoms with Crippen LogP contribution in [0.25, 0.3) is 0 Å². The zero-order valence-corrected chi connectivity index (χ0v) is 25.2. The Balaban J connectivity index is 1.40. The lowest BCUT2D eigenvalue weighted by Crippen LogP contribution is -2.27. The number of benzene rings is 4. The highest BCUT2D eigenvalue weighted by atomic mass is 19.1. The van der Waals surface area contributed by atoms with Crippen molar-refractivity contribution in [2.45, 2.75) is 38.8 Å². The summed E-state index contributed by atoms with van der Waals surface area (Å²) in [7, 11) is 2.77. The number of ether oxygens (including phenoxy) is 4. The van der Waals surface area contributed by atoms with Gasteiger partial charge in [0.25, 0.3) is 0 Å². The quantitative estimate of drug-likeness (QED) is 0.0983. The molecule has 0 amide bonds. The second-order valence-electron chi connectivity index (χ2n) is 10.3. The van der Waals surface area contributed by atoms with Gasteiger partial charge in [-0.15, -0.1) is 0 Å². The number of unbranched alkanes of at least 4 members (excludes halogenated alkanes) is 1. The molecule has 0 N–H and O–H groups in total. The molecule has 0 heterocycles. The van der Waals surface area contributed by atoms with Crippen LogP contribution in [0.5, 0.6) is 17.2 Å². The summed E-state index contributed by atoms with van der Waals surface area (Å²) in [6, 6.07) is 29.1. The predicted molar refractivity (Wildman–Crippen MR) is 166 cm³/mol. The summed E-state index contributed by atoms with van der Waals surface area (Å²) >= 11 is 0. The second kappa shape index (κ2) is 16.8. The average molecular weight is 600 g/mol. The summed E-state index contributed by atoms with van der Waals surface area (Å²) in [5.41, 5.74) is 3.41. The third kappa shape index (κ3) is 9.95. The molecule has 0 aromatic heterocycles. The summed E-state index contributed by atoms with van der Waals surface area (Å²) in [5, 5.41) is 0. The van der Waals surface area contributed by atoms with Gasteiger partial charge in [0.1, 0.15) is 18.1 Å². The lowest BCUT2D eigenvalue weighted by atomic mass is 10.1. The number of methoxy groups -OCH3 is 2. The topological polar surface area (TPSA) is 74.3 Å². The SMILES string of the molecule is COC(=O)CCCCN(CCc1ccccc1OCc1ccc(F)c(Oc2ccccc2)c1)Cc1ccc(C(=O)OC)cc1. The molecule has 4 aromatic rings. The van der Waals surface area contributed by atoms with E-state index in [1.807, 2.05) is 54.6 Å². The van der Waals surface area contributed by atoms with Crippen molar-refractivity contribution in [2.24, 2.45) is 0 Å². The molecule has 0 aliphatic heterocycles. The summed E-state index contributed by atoms with van der Waals surface area (Å²) in [5.74, 6) is 0.450. The van der Waals surface area contributed by atoms with Gasteiger partial charge in [-0.3, -0.25) is 9.69 Å². The Morgan fingerprint density at radius 1 is 0.750 bits per heavy atom. The number of nitrogens with zero attached hydrogens (tertiary/aromatic N) is 1. The standard InChI is InChI=1S/C36H38FNO6/c1-41-35(39)14-8-9-22-38(25-27-15-18-30(19-16-27)36(40)42-2)23-21-29-10-6-7-13-33(29)43-26-28-17-20-32(37)34(24-28)44-31-11-4-3-5-12-31/h3-7,10-13,15-20,24H,8-9,14,21-23,25-26H2,1-2H3. The van der Waals surface area contributed by atoms with Crippen molar-refractivity contribution in [2.75, 3.05) is 27.3 Å². The summed E-state index contributed by atoms with van der Waals surface area (Å²) in [6.07, 6.45) is 2.69. The Hall–Kier alpha value is -4.69. The Bertz CT molecular complexity index is 1490. The van der Waals surface area contributed by atoms with Crippen molar-refractivity contribution >= 4 is 11.9 Å². The molecule has 0 bridgehead atoms. The lowest BCUT2D eigenvalue weighted by Gasteiger charge is -2.23. The Morgan fingerprint density at radius 3 is 2.23 bits per heavy atom. The van der Waals surface area contributed by atoms with Crippen molar-refractivity contribution in [3.8, 4) is 17.2 Å². The fourth-order valence-corrected chi connectivity index (χ4v) is 4.72. The summed E-state index contributed by atoms with van der Waals surface area (Å²) < 4.78 is 36.0. The van der Waals surface area contributed by atoms with Crippen molar-refractivity contribution in [1.29, 1.82) is 0 Å². The number of carbonyl (C=O) groups is 2. The van der Waals surface area contributed by atoms with E-state index < -0.39 is 5.82 Å². The Kier molecular flexibility index (Phi) is 12.3. The average Bonchev–Trinajstić information content (AvgIpc) is 3.06. The van der Waals surface area contributed by atoms with E-state index in [0.29, 0.717) is 24.3 Å². The molecule has 4 aromatic carbocycles. The van der Waals surface area contributed by atoms with E-state index in [-0.39, 0.29) is 24.3 Å². The van der Waals surface area contributed by atoms with Crippen LogP contribution in [0.15, 0.2) is 97.1 Å². The van der Waals surface area contributed by atoms with Gasteiger partial charge >= 0.3 is 11.9 Å². The van der Waals surface area contributed by atoms with Gasteiger partial charge in [-0.25, -0.2) is 9.18 Å². The molecule has 230 valence electrons. The van der Waals surface area contributed by atoms with E-state index in [4.69, 9.17) is 18.9 Å². The molecule has 0 atom stereocenters. The second-order valence-corrected chi connectivity index (χ2v) is 10.3. The molecular weight excluding hydrogens is 561 g/mol. The Labute approximate surface area is 258 Å². The van der Waals surface area contributed by atoms with Crippen molar-refractivity contribution in [3.63, 3.8) is 0 Å². The van der Waals surface area contributed by atoms with Crippen LogP contribution in [0.4, 0.5) is 4.39 Å². The van der Waals surface area contributed by atoms with Crippen LogP contribution >= 0.6 is 0 Å². The van der Waals surface area contributed by atoms with E-state index in [2.05, 4.69) is 4.90 Å². The molecule has 0 saturated heterocycles. The van der Waals surface area contributed by atoms with Gasteiger partial charge in [-0.1, -0.05) is 54.6 Å². The predicted octanol–water partition coefficient (Wildman–Crippen LogP) is 7.37. The summed E-state index contributed by atoms with van der Waals surface area (Å²) in [4.78, 5) is 25.7. The zero-order valence-electron chi connectivity index (χ0n) is 25.2. The molecule has 0 fully saturated rings. The van der Waals surface area contributed by atoms with Crippen LogP contribution in [0.3, 0.4) is 0 Å². The van der Waals surface area contributed by atoms with Crippen LogP contribution in [0.2, 0.25) is 0 Å². The van der Waals surface area contributed by atoms with Crippen LogP contribution in [-0.2, 0) is 33.8 Å². The third-order valence-corrected chi connectivity index (χ3v) is 7.15. The summed E-state index contributed by atoms with van der Waals surface area (Å²) in [6.45, 7) is 2.48. The van der Waals surface area contributed by atoms with Crippen LogP contribution in [-0.4, -0.2) is 44.1 Å². The minimum Gasteiger partial charge on any atom is -0.489 e. The molecule has 0 radical (unpaired) electrons. The van der Waals surface area contributed by atoms with Gasteiger partial charge < -0.3 is 18.9 Å². The van der Waals surface area contributed by atoms with Gasteiger partial charge in [0.2, 0.25) is 0 Å². The first-order chi connectivity index (χ1) is 21.4. The third-order valence-electron chi connectivity index (χ3n) is 7.15. The molecule has 0 aliphatic rings. The van der Waals surface area contributed by atoms with Crippen LogP contribution in [0.1, 0.15) is 46.3 Å². The molecule has 4 rings (SSSR count). The number of carbonyl (C=O) groups excluding carboxylic acids is 2. The first-order valence-electron chi connectivity index (χ1n) is 14.6. The van der Waals surface area contributed by atoms with Crippen LogP contribution < -0.4 is 9.47 Å². The largest absolute Gasteiger partial charge is 0.489 e. The highest BCUT2D eigenvalue weighted by Gasteiger charge is 2.13. The molecule has 0 unspecified atom stereocenters. The number of rotatable bonds is 16. The van der Waals surface area contributed by atoms with E-state index in [1.165, 1.54) is 20.3 Å². The van der Waals surface area contributed by atoms with Gasteiger partial charge in [0, 0.05) is 19.5 Å². The molecule has 0 spiro atoms. The maximum Gasteiger partial charge on any atom is 0.337 e. The zero-order chi connectivity index (χ0) is 31.1. The molecule has 7 nitrogen and oxygen atoms in total. The minimum absolute atomic E-state index is 0.146.